The molecule has 0 aliphatic heterocycles. The number of carbonyl (C=O) groups is 1. The lowest BCUT2D eigenvalue weighted by Gasteiger charge is -2.10. The highest BCUT2D eigenvalue weighted by Gasteiger charge is 2.09. The first-order valence-electron chi connectivity index (χ1n) is 7.12. The minimum atomic E-state index is -0.198. The molecule has 0 fully saturated rings. The predicted octanol–water partition coefficient (Wildman–Crippen LogP) is 4.31. The number of carbonyl (C=O) groups excluding carboxylic acids is 1. The van der Waals surface area contributed by atoms with Gasteiger partial charge in [-0.25, -0.2) is 0 Å². The highest BCUT2D eigenvalue weighted by atomic mass is 16.1. The summed E-state index contributed by atoms with van der Waals surface area (Å²) in [6.45, 7) is 1.99. The summed E-state index contributed by atoms with van der Waals surface area (Å²) in [6, 6.07) is 21.5. The molecule has 0 unspecified atom stereocenters. The van der Waals surface area contributed by atoms with E-state index in [4.69, 9.17) is 0 Å². The Balaban J connectivity index is 1.83. The van der Waals surface area contributed by atoms with Crippen molar-refractivity contribution < 1.29 is 4.79 Å². The average molecular weight is 288 g/mol. The van der Waals surface area contributed by atoms with Crippen molar-refractivity contribution in [3.05, 3.63) is 84.2 Å². The SMILES string of the molecule is Cc1cc(-c2ccccc2)ccc1NC(=O)c1ccccn1. The van der Waals surface area contributed by atoms with Crippen LogP contribution < -0.4 is 5.32 Å². The van der Waals surface area contributed by atoms with E-state index < -0.39 is 0 Å². The standard InChI is InChI=1S/C19H16N2O/c1-14-13-16(15-7-3-2-4-8-15)10-11-17(14)21-19(22)18-9-5-6-12-20-18/h2-13H,1H3,(H,21,22). The Bertz CT molecular complexity index is 783. The average Bonchev–Trinajstić information content (AvgIpc) is 2.58. The lowest BCUT2D eigenvalue weighted by molar-refractivity contribution is 0.102. The van der Waals surface area contributed by atoms with Gasteiger partial charge in [0.25, 0.3) is 5.91 Å². The van der Waals surface area contributed by atoms with Crippen molar-refractivity contribution in [1.29, 1.82) is 0 Å². The van der Waals surface area contributed by atoms with Gasteiger partial charge >= 0.3 is 0 Å². The summed E-state index contributed by atoms with van der Waals surface area (Å²) in [5.41, 5.74) is 4.53. The number of benzene rings is 2. The number of pyridine rings is 1. The van der Waals surface area contributed by atoms with Crippen LogP contribution in [0.1, 0.15) is 16.1 Å². The number of hydrogen-bond donors (Lipinski definition) is 1. The molecule has 3 rings (SSSR count). The summed E-state index contributed by atoms with van der Waals surface area (Å²) in [5, 5.41) is 2.90. The molecule has 1 amide bonds. The van der Waals surface area contributed by atoms with E-state index in [9.17, 15) is 4.79 Å². The molecule has 108 valence electrons. The molecule has 0 aliphatic rings. The fraction of sp³-hybridized carbons (Fsp3) is 0.0526. The van der Waals surface area contributed by atoms with Gasteiger partial charge in [-0.1, -0.05) is 42.5 Å². The zero-order valence-electron chi connectivity index (χ0n) is 12.3. The van der Waals surface area contributed by atoms with Gasteiger partial charge in [0.1, 0.15) is 5.69 Å². The van der Waals surface area contributed by atoms with E-state index in [1.165, 1.54) is 0 Å². The smallest absolute Gasteiger partial charge is 0.274 e. The summed E-state index contributed by atoms with van der Waals surface area (Å²) in [7, 11) is 0. The fourth-order valence-corrected chi connectivity index (χ4v) is 2.30. The second-order valence-corrected chi connectivity index (χ2v) is 5.06. The molecule has 3 nitrogen and oxygen atoms in total. The number of hydrogen-bond acceptors (Lipinski definition) is 2. The molecule has 3 aromatic rings. The van der Waals surface area contributed by atoms with Crippen LogP contribution in [0.3, 0.4) is 0 Å². The lowest BCUT2D eigenvalue weighted by atomic mass is 10.0. The number of aromatic nitrogens is 1. The zero-order chi connectivity index (χ0) is 15.4. The second-order valence-electron chi connectivity index (χ2n) is 5.06. The molecule has 0 spiro atoms. The van der Waals surface area contributed by atoms with E-state index >= 15 is 0 Å². The predicted molar refractivity (Wildman–Crippen MR) is 88.8 cm³/mol. The topological polar surface area (TPSA) is 42.0 Å². The van der Waals surface area contributed by atoms with Crippen molar-refractivity contribution in [2.24, 2.45) is 0 Å². The quantitative estimate of drug-likeness (QED) is 0.780. The molecule has 0 saturated heterocycles. The molecule has 1 aromatic heterocycles. The molecule has 0 aliphatic carbocycles. The third-order valence-corrected chi connectivity index (χ3v) is 3.48. The first-order valence-corrected chi connectivity index (χ1v) is 7.12. The van der Waals surface area contributed by atoms with Crippen molar-refractivity contribution >= 4 is 11.6 Å². The Morgan fingerprint density at radius 1 is 0.909 bits per heavy atom. The maximum Gasteiger partial charge on any atom is 0.274 e. The van der Waals surface area contributed by atoms with Crippen LogP contribution in [0.15, 0.2) is 72.9 Å². The monoisotopic (exact) mass is 288 g/mol. The van der Waals surface area contributed by atoms with Crippen LogP contribution in [0.5, 0.6) is 0 Å². The normalized spacial score (nSPS) is 10.2. The second kappa shape index (κ2) is 6.22. The summed E-state index contributed by atoms with van der Waals surface area (Å²) in [6.07, 6.45) is 1.61. The first kappa shape index (κ1) is 14.0. The van der Waals surface area contributed by atoms with Crippen LogP contribution >= 0.6 is 0 Å². The summed E-state index contributed by atoms with van der Waals surface area (Å²) < 4.78 is 0. The Kier molecular flexibility index (Phi) is 3.97. The Hall–Kier alpha value is -2.94. The molecule has 22 heavy (non-hydrogen) atoms. The van der Waals surface area contributed by atoms with Crippen LogP contribution in [0.25, 0.3) is 11.1 Å². The van der Waals surface area contributed by atoms with Gasteiger partial charge < -0.3 is 5.32 Å². The van der Waals surface area contributed by atoms with E-state index in [2.05, 4.69) is 28.5 Å². The minimum Gasteiger partial charge on any atom is -0.320 e. The van der Waals surface area contributed by atoms with Gasteiger partial charge in [0.05, 0.1) is 0 Å². The number of rotatable bonds is 3. The number of nitrogens with one attached hydrogen (secondary N) is 1. The highest BCUT2D eigenvalue weighted by Crippen LogP contribution is 2.24. The van der Waals surface area contributed by atoms with E-state index in [1.54, 1.807) is 24.4 Å². The number of aryl methyl sites for hydroxylation is 1. The van der Waals surface area contributed by atoms with Crippen LogP contribution in [0.4, 0.5) is 5.69 Å². The molecular weight excluding hydrogens is 272 g/mol. The summed E-state index contributed by atoms with van der Waals surface area (Å²) in [4.78, 5) is 16.2. The molecule has 1 heterocycles. The molecule has 3 heteroatoms. The van der Waals surface area contributed by atoms with E-state index in [-0.39, 0.29) is 5.91 Å². The molecular formula is C19H16N2O. The summed E-state index contributed by atoms with van der Waals surface area (Å²) in [5.74, 6) is -0.198. The number of nitrogens with zero attached hydrogens (tertiary/aromatic N) is 1. The van der Waals surface area contributed by atoms with Crippen molar-refractivity contribution in [1.82, 2.24) is 4.98 Å². The third kappa shape index (κ3) is 3.04. The summed E-state index contributed by atoms with van der Waals surface area (Å²) >= 11 is 0. The van der Waals surface area contributed by atoms with E-state index in [0.29, 0.717) is 5.69 Å². The minimum absolute atomic E-state index is 0.198. The van der Waals surface area contributed by atoms with Crippen molar-refractivity contribution in [2.75, 3.05) is 5.32 Å². The maximum absolute atomic E-state index is 12.1. The van der Waals surface area contributed by atoms with Gasteiger partial charge in [0.2, 0.25) is 0 Å². The molecule has 2 aromatic carbocycles. The van der Waals surface area contributed by atoms with Gasteiger partial charge in [0, 0.05) is 11.9 Å². The molecule has 0 bridgehead atoms. The molecule has 0 saturated carbocycles. The number of amides is 1. The van der Waals surface area contributed by atoms with Gasteiger partial charge in [-0.15, -0.1) is 0 Å². The van der Waals surface area contributed by atoms with Crippen LogP contribution in [-0.4, -0.2) is 10.9 Å². The largest absolute Gasteiger partial charge is 0.320 e. The van der Waals surface area contributed by atoms with Gasteiger partial charge in [-0.05, 0) is 47.9 Å². The van der Waals surface area contributed by atoms with Crippen LogP contribution in [0, 0.1) is 6.92 Å². The molecule has 0 radical (unpaired) electrons. The third-order valence-electron chi connectivity index (χ3n) is 3.48. The van der Waals surface area contributed by atoms with Gasteiger partial charge in [0.15, 0.2) is 0 Å². The first-order chi connectivity index (χ1) is 10.7. The van der Waals surface area contributed by atoms with Crippen molar-refractivity contribution in [3.63, 3.8) is 0 Å². The Labute approximate surface area is 129 Å². The zero-order valence-corrected chi connectivity index (χ0v) is 12.3. The number of anilines is 1. The Morgan fingerprint density at radius 3 is 2.36 bits per heavy atom. The van der Waals surface area contributed by atoms with E-state index in [1.807, 2.05) is 37.3 Å². The molecule has 0 atom stereocenters. The van der Waals surface area contributed by atoms with Gasteiger partial charge in [-0.3, -0.25) is 9.78 Å². The molecule has 1 N–H and O–H groups in total. The van der Waals surface area contributed by atoms with Crippen molar-refractivity contribution in [2.45, 2.75) is 6.92 Å². The Morgan fingerprint density at radius 2 is 1.68 bits per heavy atom. The maximum atomic E-state index is 12.1. The fourth-order valence-electron chi connectivity index (χ4n) is 2.30. The van der Waals surface area contributed by atoms with Gasteiger partial charge in [-0.2, -0.15) is 0 Å². The van der Waals surface area contributed by atoms with Crippen LogP contribution in [0.2, 0.25) is 0 Å². The van der Waals surface area contributed by atoms with E-state index in [0.717, 1.165) is 22.4 Å². The lowest BCUT2D eigenvalue weighted by Crippen LogP contribution is -2.14. The van der Waals surface area contributed by atoms with Crippen molar-refractivity contribution in [3.8, 4) is 11.1 Å². The van der Waals surface area contributed by atoms with Crippen LogP contribution in [-0.2, 0) is 0 Å². The highest BCUT2D eigenvalue weighted by molar-refractivity contribution is 6.03.